The molecule has 0 saturated carbocycles. The highest BCUT2D eigenvalue weighted by Gasteiger charge is 2.31. The molecule has 0 aliphatic carbocycles. The van der Waals surface area contributed by atoms with Gasteiger partial charge < -0.3 is 9.84 Å². The van der Waals surface area contributed by atoms with Crippen molar-refractivity contribution >= 4 is 0 Å². The molecule has 0 radical (unpaired) electrons. The summed E-state index contributed by atoms with van der Waals surface area (Å²) in [5.74, 6) is 0.550. The Balaban J connectivity index is 2.34. The molecule has 0 spiro atoms. The van der Waals surface area contributed by atoms with Gasteiger partial charge in [-0.25, -0.2) is 0 Å². The maximum absolute atomic E-state index is 9.70. The van der Waals surface area contributed by atoms with E-state index in [9.17, 15) is 5.11 Å². The summed E-state index contributed by atoms with van der Waals surface area (Å²) in [7, 11) is 0. The lowest BCUT2D eigenvalue weighted by molar-refractivity contribution is -0.0204. The zero-order chi connectivity index (χ0) is 13.1. The smallest absolute Gasteiger partial charge is 0.113 e. The maximum Gasteiger partial charge on any atom is 0.113 e. The summed E-state index contributed by atoms with van der Waals surface area (Å²) in [5.41, 5.74) is -0.529. The van der Waals surface area contributed by atoms with Crippen molar-refractivity contribution in [2.75, 3.05) is 13.2 Å². The van der Waals surface area contributed by atoms with Crippen LogP contribution in [0.5, 0.6) is 0 Å². The Labute approximate surface area is 106 Å². The highest BCUT2D eigenvalue weighted by atomic mass is 16.5. The van der Waals surface area contributed by atoms with Gasteiger partial charge in [0, 0.05) is 12.6 Å². The second kappa shape index (κ2) is 6.17. The van der Waals surface area contributed by atoms with Gasteiger partial charge in [0.25, 0.3) is 0 Å². The normalized spacial score (nSPS) is 24.5. The third-order valence-corrected chi connectivity index (χ3v) is 3.51. The third-order valence-electron chi connectivity index (χ3n) is 3.51. The van der Waals surface area contributed by atoms with Gasteiger partial charge in [-0.05, 0) is 46.0 Å². The van der Waals surface area contributed by atoms with E-state index in [1.165, 1.54) is 0 Å². The molecule has 0 aromatic heterocycles. The average molecular weight is 243 g/mol. The van der Waals surface area contributed by atoms with Crippen molar-refractivity contribution in [2.24, 2.45) is 5.92 Å². The van der Waals surface area contributed by atoms with E-state index in [1.54, 1.807) is 0 Å². The summed E-state index contributed by atoms with van der Waals surface area (Å²) < 4.78 is 5.77. The molecule has 1 aliphatic rings. The average Bonchev–Trinajstić information content (AvgIpc) is 2.63. The first-order valence-electron chi connectivity index (χ1n) is 6.91. The number of rotatable bonds is 6. The van der Waals surface area contributed by atoms with Gasteiger partial charge in [0.2, 0.25) is 0 Å². The van der Waals surface area contributed by atoms with Crippen LogP contribution >= 0.6 is 0 Å². The van der Waals surface area contributed by atoms with Crippen molar-refractivity contribution < 1.29 is 9.84 Å². The van der Waals surface area contributed by atoms with Gasteiger partial charge in [-0.1, -0.05) is 13.8 Å². The molecule has 1 aliphatic heterocycles. The quantitative estimate of drug-likeness (QED) is 0.778. The van der Waals surface area contributed by atoms with Crippen molar-refractivity contribution in [3.63, 3.8) is 0 Å². The summed E-state index contributed by atoms with van der Waals surface area (Å²) in [4.78, 5) is 2.47. The molecular weight excluding hydrogens is 214 g/mol. The summed E-state index contributed by atoms with van der Waals surface area (Å²) in [6.45, 7) is 12.4. The van der Waals surface area contributed by atoms with E-state index in [4.69, 9.17) is 4.74 Å². The minimum Gasteiger partial charge on any atom is -0.390 e. The van der Waals surface area contributed by atoms with Gasteiger partial charge in [-0.15, -0.1) is 0 Å². The van der Waals surface area contributed by atoms with Crippen LogP contribution in [0.1, 0.15) is 53.9 Å². The van der Waals surface area contributed by atoms with Crippen LogP contribution in [0.3, 0.4) is 0 Å². The summed E-state index contributed by atoms with van der Waals surface area (Å²) in [6.07, 6.45) is 3.37. The van der Waals surface area contributed by atoms with Crippen molar-refractivity contribution in [1.29, 1.82) is 0 Å². The predicted octanol–water partition coefficient (Wildman–Crippen LogP) is 2.63. The van der Waals surface area contributed by atoms with Crippen LogP contribution in [0.2, 0.25) is 0 Å². The molecule has 17 heavy (non-hydrogen) atoms. The Morgan fingerprint density at radius 3 is 2.53 bits per heavy atom. The van der Waals surface area contributed by atoms with Crippen molar-refractivity contribution in [3.8, 4) is 0 Å². The first-order valence-corrected chi connectivity index (χ1v) is 6.91. The fraction of sp³-hybridized carbons (Fsp3) is 1.00. The fourth-order valence-electron chi connectivity index (χ4n) is 2.54. The first-order chi connectivity index (χ1) is 7.81. The van der Waals surface area contributed by atoms with E-state index in [1.807, 2.05) is 13.8 Å². The van der Waals surface area contributed by atoms with E-state index in [-0.39, 0.29) is 6.23 Å². The molecule has 102 valence electrons. The Kier molecular flexibility index (Phi) is 5.42. The Bertz CT molecular complexity index is 223. The molecule has 1 heterocycles. The molecule has 0 amide bonds. The van der Waals surface area contributed by atoms with Crippen molar-refractivity contribution in [2.45, 2.75) is 71.8 Å². The Hall–Kier alpha value is -0.120. The van der Waals surface area contributed by atoms with Gasteiger partial charge in [-0.2, -0.15) is 0 Å². The van der Waals surface area contributed by atoms with Crippen LogP contribution in [0, 0.1) is 5.92 Å². The Morgan fingerprint density at radius 2 is 2.00 bits per heavy atom. The lowest BCUT2D eigenvalue weighted by atomic mass is 9.99. The monoisotopic (exact) mass is 243 g/mol. The molecule has 0 aromatic carbocycles. The predicted molar refractivity (Wildman–Crippen MR) is 70.9 cm³/mol. The molecule has 3 heteroatoms. The second-order valence-corrected chi connectivity index (χ2v) is 6.30. The lowest BCUT2D eigenvalue weighted by Crippen LogP contribution is -2.40. The topological polar surface area (TPSA) is 32.7 Å². The molecule has 1 fully saturated rings. The zero-order valence-corrected chi connectivity index (χ0v) is 12.1. The van der Waals surface area contributed by atoms with Gasteiger partial charge in [-0.3, -0.25) is 4.90 Å². The van der Waals surface area contributed by atoms with Crippen LogP contribution in [0.4, 0.5) is 0 Å². The molecule has 3 nitrogen and oxygen atoms in total. The summed E-state index contributed by atoms with van der Waals surface area (Å²) in [5, 5.41) is 9.70. The SMILES string of the molecule is CC(C)[C@H]1OCCN1[C@H](C)CCCC(C)(C)O. The zero-order valence-electron chi connectivity index (χ0n) is 12.1. The van der Waals surface area contributed by atoms with E-state index in [0.717, 1.165) is 32.4 Å². The molecule has 2 atom stereocenters. The number of aliphatic hydroxyl groups is 1. The molecule has 0 bridgehead atoms. The standard InChI is InChI=1S/C14H29NO2/c1-11(2)13-15(9-10-17-13)12(3)7-6-8-14(4,5)16/h11-13,16H,6-10H2,1-5H3/t12-,13-/m1/s1. The molecule has 1 N–H and O–H groups in total. The van der Waals surface area contributed by atoms with Crippen LogP contribution < -0.4 is 0 Å². The number of hydrogen-bond acceptors (Lipinski definition) is 3. The number of hydrogen-bond donors (Lipinski definition) is 1. The van der Waals surface area contributed by atoms with Crippen molar-refractivity contribution in [3.05, 3.63) is 0 Å². The van der Waals surface area contributed by atoms with Crippen molar-refractivity contribution in [1.82, 2.24) is 4.90 Å². The Morgan fingerprint density at radius 1 is 1.35 bits per heavy atom. The van der Waals surface area contributed by atoms with Gasteiger partial charge in [0.1, 0.15) is 6.23 Å². The molecule has 0 aromatic rings. The molecule has 1 rings (SSSR count). The fourth-order valence-corrected chi connectivity index (χ4v) is 2.54. The van der Waals surface area contributed by atoms with Crippen LogP contribution in [-0.4, -0.2) is 41.0 Å². The van der Waals surface area contributed by atoms with E-state index >= 15 is 0 Å². The van der Waals surface area contributed by atoms with Crippen LogP contribution in [0.25, 0.3) is 0 Å². The van der Waals surface area contributed by atoms with Gasteiger partial charge in [0.15, 0.2) is 0 Å². The second-order valence-electron chi connectivity index (χ2n) is 6.30. The highest BCUT2D eigenvalue weighted by Crippen LogP contribution is 2.23. The number of nitrogens with zero attached hydrogens (tertiary/aromatic N) is 1. The lowest BCUT2D eigenvalue weighted by Gasteiger charge is -2.32. The maximum atomic E-state index is 9.70. The molecule has 0 unspecified atom stereocenters. The van der Waals surface area contributed by atoms with Gasteiger partial charge >= 0.3 is 0 Å². The first kappa shape index (κ1) is 14.9. The van der Waals surface area contributed by atoms with E-state index < -0.39 is 5.60 Å². The molecular formula is C14H29NO2. The summed E-state index contributed by atoms with van der Waals surface area (Å²) >= 11 is 0. The van der Waals surface area contributed by atoms with Crippen LogP contribution in [-0.2, 0) is 4.74 Å². The van der Waals surface area contributed by atoms with Gasteiger partial charge in [0.05, 0.1) is 12.2 Å². The summed E-state index contributed by atoms with van der Waals surface area (Å²) in [6, 6.07) is 0.548. The minimum absolute atomic E-state index is 0.284. The van der Waals surface area contributed by atoms with E-state index in [2.05, 4.69) is 25.7 Å². The van der Waals surface area contributed by atoms with E-state index in [0.29, 0.717) is 12.0 Å². The third kappa shape index (κ3) is 4.94. The largest absolute Gasteiger partial charge is 0.390 e. The minimum atomic E-state index is -0.529. The van der Waals surface area contributed by atoms with Crippen LogP contribution in [0.15, 0.2) is 0 Å². The molecule has 1 saturated heterocycles. The number of ether oxygens (including phenoxy) is 1. The highest BCUT2D eigenvalue weighted by molar-refractivity contribution is 4.78.